The molecule has 0 saturated heterocycles. The zero-order chi connectivity index (χ0) is 30.8. The molecule has 0 heterocycles. The number of nitrogens with one attached hydrogen (secondary N) is 2. The second kappa shape index (κ2) is 15.0. The number of rotatable bonds is 14. The van der Waals surface area contributed by atoms with E-state index in [1.807, 2.05) is 88.4 Å². The molecule has 41 heavy (non-hydrogen) atoms. The minimum Gasteiger partial charge on any atom is -0.444 e. The Morgan fingerprint density at radius 3 is 1.98 bits per heavy atom. The molecule has 0 aliphatic carbocycles. The van der Waals surface area contributed by atoms with Gasteiger partial charge in [-0.15, -0.1) is 0 Å². The number of hydrogen-bond donors (Lipinski definition) is 2. The topological polar surface area (TPSA) is 97.0 Å². The average molecular weight is 588 g/mol. The minimum atomic E-state index is -3.83. The van der Waals surface area contributed by atoms with Crippen LogP contribution in [0.2, 0.25) is 0 Å². The van der Waals surface area contributed by atoms with Crippen LogP contribution in [0.5, 0.6) is 0 Å². The summed E-state index contributed by atoms with van der Waals surface area (Å²) in [7, 11) is -3.83. The van der Waals surface area contributed by atoms with Crippen LogP contribution in [0.3, 0.4) is 0 Å². The second-order valence-corrected chi connectivity index (χ2v) is 14.1. The van der Waals surface area contributed by atoms with Gasteiger partial charge in [-0.05, 0) is 72.9 Å². The van der Waals surface area contributed by atoms with E-state index in [0.29, 0.717) is 31.8 Å². The molecule has 2 rings (SSSR count). The van der Waals surface area contributed by atoms with E-state index in [1.165, 1.54) is 0 Å². The molecular formula is C32H49N3O5S. The highest BCUT2D eigenvalue weighted by Gasteiger charge is 2.34. The predicted octanol–water partition coefficient (Wildman–Crippen LogP) is 6.20. The van der Waals surface area contributed by atoms with Crippen LogP contribution >= 0.6 is 0 Å². The van der Waals surface area contributed by atoms with Crippen LogP contribution in [-0.4, -0.2) is 49.2 Å². The molecule has 2 aromatic rings. The number of hydrogen-bond acceptors (Lipinski definition) is 5. The minimum absolute atomic E-state index is 0.256. The van der Waals surface area contributed by atoms with Crippen molar-refractivity contribution in [3.8, 4) is 0 Å². The van der Waals surface area contributed by atoms with E-state index >= 15 is 0 Å². The third kappa shape index (κ3) is 13.2. The van der Waals surface area contributed by atoms with Crippen molar-refractivity contribution in [2.75, 3.05) is 6.61 Å². The van der Waals surface area contributed by atoms with Gasteiger partial charge in [-0.25, -0.2) is 4.79 Å². The summed E-state index contributed by atoms with van der Waals surface area (Å²) in [4.78, 5) is 15.2. The molecular weight excluding hydrogens is 538 g/mol. The summed E-state index contributed by atoms with van der Waals surface area (Å²) in [6.07, 6.45) is -0.0755. The van der Waals surface area contributed by atoms with Gasteiger partial charge < -0.3 is 14.4 Å². The van der Waals surface area contributed by atoms with Gasteiger partial charge in [0, 0.05) is 30.1 Å². The first kappa shape index (κ1) is 34.5. The van der Waals surface area contributed by atoms with Crippen molar-refractivity contribution < 1.29 is 22.7 Å². The van der Waals surface area contributed by atoms with E-state index in [4.69, 9.17) is 9.47 Å². The fraction of sp³-hybridized carbons (Fsp3) is 0.531. The van der Waals surface area contributed by atoms with Crippen molar-refractivity contribution in [3.05, 3.63) is 83.9 Å². The number of carbonyl (C=O) groups is 1. The van der Waals surface area contributed by atoms with Gasteiger partial charge in [0.2, 0.25) is 0 Å². The van der Waals surface area contributed by atoms with E-state index in [0.717, 1.165) is 11.1 Å². The maximum atomic E-state index is 13.5. The normalized spacial score (nSPS) is 14.6. The fourth-order valence-corrected chi connectivity index (χ4v) is 5.85. The van der Waals surface area contributed by atoms with Crippen molar-refractivity contribution in [1.29, 1.82) is 0 Å². The molecule has 0 aliphatic rings. The summed E-state index contributed by atoms with van der Waals surface area (Å²) in [5.41, 5.74) is 1.32. The van der Waals surface area contributed by atoms with Crippen LogP contribution < -0.4 is 9.44 Å². The first-order valence-electron chi connectivity index (χ1n) is 14.1. The SMILES string of the molecule is C=C(C)C(C[C@@H](COCc1ccccc1)[C@@H](C)N(Cc1ccccc1)C(=O)OC(C)(C)C)NS(=O)(=O)NC(C)(C)C. The smallest absolute Gasteiger partial charge is 0.410 e. The van der Waals surface area contributed by atoms with Crippen molar-refractivity contribution in [2.24, 2.45) is 5.92 Å². The van der Waals surface area contributed by atoms with Crippen LogP contribution in [0, 0.1) is 5.92 Å². The lowest BCUT2D eigenvalue weighted by atomic mass is 9.90. The molecule has 3 atom stereocenters. The quantitative estimate of drug-likeness (QED) is 0.257. The number of nitrogens with zero attached hydrogens (tertiary/aromatic N) is 1. The van der Waals surface area contributed by atoms with Gasteiger partial charge in [-0.3, -0.25) is 0 Å². The molecule has 9 heteroatoms. The van der Waals surface area contributed by atoms with Crippen LogP contribution in [-0.2, 0) is 32.8 Å². The van der Waals surface area contributed by atoms with Crippen molar-refractivity contribution in [2.45, 2.75) is 98.2 Å². The molecule has 0 bridgehead atoms. The first-order valence-corrected chi connectivity index (χ1v) is 15.6. The molecule has 228 valence electrons. The zero-order valence-electron chi connectivity index (χ0n) is 25.9. The lowest BCUT2D eigenvalue weighted by Crippen LogP contribution is -2.52. The highest BCUT2D eigenvalue weighted by atomic mass is 32.2. The van der Waals surface area contributed by atoms with E-state index in [1.54, 1.807) is 32.6 Å². The molecule has 0 saturated carbocycles. The Labute approximate surface area is 247 Å². The van der Waals surface area contributed by atoms with Gasteiger partial charge in [-0.2, -0.15) is 17.9 Å². The molecule has 1 amide bonds. The van der Waals surface area contributed by atoms with Crippen molar-refractivity contribution in [1.82, 2.24) is 14.3 Å². The summed E-state index contributed by atoms with van der Waals surface area (Å²) in [5.74, 6) is -0.256. The Bertz CT molecular complexity index is 1210. The molecule has 0 radical (unpaired) electrons. The number of benzene rings is 2. The van der Waals surface area contributed by atoms with E-state index in [9.17, 15) is 13.2 Å². The molecule has 0 spiro atoms. The van der Waals surface area contributed by atoms with Gasteiger partial charge in [0.05, 0.1) is 13.2 Å². The Hall–Kier alpha value is -2.72. The predicted molar refractivity (Wildman–Crippen MR) is 165 cm³/mol. The Kier molecular flexibility index (Phi) is 12.6. The molecule has 8 nitrogen and oxygen atoms in total. The third-order valence-corrected chi connectivity index (χ3v) is 7.79. The van der Waals surface area contributed by atoms with Crippen LogP contribution in [0.1, 0.15) is 72.9 Å². The van der Waals surface area contributed by atoms with E-state index in [2.05, 4.69) is 16.0 Å². The molecule has 0 aromatic heterocycles. The average Bonchev–Trinajstić information content (AvgIpc) is 2.84. The first-order chi connectivity index (χ1) is 19.0. The monoisotopic (exact) mass is 587 g/mol. The standard InChI is InChI=1S/C32H49N3O5S/c1-24(2)29(33-41(37,38)34-31(4,5)6)20-28(23-39-22-27-18-14-11-15-19-27)25(3)35(30(36)40-32(7,8)9)21-26-16-12-10-13-17-26/h10-19,25,28-29,33-34H,1,20-23H2,2-9H3/t25-,28+,29?/m1/s1. The van der Waals surface area contributed by atoms with Crippen LogP contribution in [0.4, 0.5) is 4.79 Å². The van der Waals surface area contributed by atoms with Crippen molar-refractivity contribution in [3.63, 3.8) is 0 Å². The third-order valence-electron chi connectivity index (χ3n) is 6.31. The second-order valence-electron chi connectivity index (χ2n) is 12.7. The van der Waals surface area contributed by atoms with Crippen molar-refractivity contribution >= 4 is 16.3 Å². The van der Waals surface area contributed by atoms with Gasteiger partial charge in [0.15, 0.2) is 0 Å². The van der Waals surface area contributed by atoms with Crippen LogP contribution in [0.25, 0.3) is 0 Å². The largest absolute Gasteiger partial charge is 0.444 e. The number of carbonyl (C=O) groups excluding carboxylic acids is 1. The lowest BCUT2D eigenvalue weighted by molar-refractivity contribution is -0.00389. The van der Waals surface area contributed by atoms with Gasteiger partial charge in [0.1, 0.15) is 5.60 Å². The van der Waals surface area contributed by atoms with E-state index < -0.39 is 33.5 Å². The van der Waals surface area contributed by atoms with Crippen LogP contribution in [0.15, 0.2) is 72.8 Å². The summed E-state index contributed by atoms with van der Waals surface area (Å²) in [5, 5.41) is 0. The summed E-state index contributed by atoms with van der Waals surface area (Å²) in [6.45, 7) is 19.7. The number of ether oxygens (including phenoxy) is 2. The Balaban J connectivity index is 2.39. The maximum absolute atomic E-state index is 13.5. The maximum Gasteiger partial charge on any atom is 0.410 e. The zero-order valence-corrected chi connectivity index (χ0v) is 26.8. The molecule has 2 N–H and O–H groups in total. The molecule has 2 aromatic carbocycles. The van der Waals surface area contributed by atoms with Gasteiger partial charge in [0.25, 0.3) is 10.2 Å². The Morgan fingerprint density at radius 1 is 0.951 bits per heavy atom. The molecule has 0 aliphatic heterocycles. The lowest BCUT2D eigenvalue weighted by Gasteiger charge is -2.37. The highest BCUT2D eigenvalue weighted by molar-refractivity contribution is 7.87. The summed E-state index contributed by atoms with van der Waals surface area (Å²) in [6, 6.07) is 18.6. The van der Waals surface area contributed by atoms with E-state index in [-0.39, 0.29) is 12.0 Å². The number of amides is 1. The summed E-state index contributed by atoms with van der Waals surface area (Å²) >= 11 is 0. The molecule has 0 fully saturated rings. The highest BCUT2D eigenvalue weighted by Crippen LogP contribution is 2.25. The Morgan fingerprint density at radius 2 is 1.49 bits per heavy atom. The van der Waals surface area contributed by atoms with Gasteiger partial charge >= 0.3 is 6.09 Å². The summed E-state index contributed by atoms with van der Waals surface area (Å²) < 4.78 is 43.4. The van der Waals surface area contributed by atoms with Gasteiger partial charge in [-0.1, -0.05) is 72.8 Å². The molecule has 1 unspecified atom stereocenters. The fourth-order valence-electron chi connectivity index (χ4n) is 4.31.